The van der Waals surface area contributed by atoms with Gasteiger partial charge in [-0.1, -0.05) is 0 Å². The monoisotopic (exact) mass is 418 g/mol. The van der Waals surface area contributed by atoms with E-state index in [0.29, 0.717) is 50.6 Å². The smallest absolute Gasteiger partial charge is 0.348 e. The molecule has 0 radical (unpaired) electrons. The van der Waals surface area contributed by atoms with Crippen molar-refractivity contribution in [2.75, 3.05) is 26.4 Å². The first-order chi connectivity index (χ1) is 12.1. The number of hydrogen-bond donors (Lipinski definition) is 2. The number of nitrogens with one attached hydrogen (secondary N) is 1. The Morgan fingerprint density at radius 3 is 2.77 bits per heavy atom. The van der Waals surface area contributed by atoms with E-state index in [1.165, 1.54) is 11.3 Å². The average Bonchev–Trinajstić information content (AvgIpc) is 3.22. The van der Waals surface area contributed by atoms with Crippen molar-refractivity contribution in [2.45, 2.75) is 26.3 Å². The molecule has 2 aromatic rings. The third-order valence-electron chi connectivity index (χ3n) is 4.60. The zero-order valence-corrected chi connectivity index (χ0v) is 17.0. The van der Waals surface area contributed by atoms with E-state index >= 15 is 0 Å². The van der Waals surface area contributed by atoms with Gasteiger partial charge in [0.05, 0.1) is 16.7 Å². The summed E-state index contributed by atoms with van der Waals surface area (Å²) in [4.78, 5) is 25.6. The molecule has 0 spiro atoms. The lowest BCUT2D eigenvalue weighted by atomic mass is 9.79. The summed E-state index contributed by atoms with van der Waals surface area (Å²) in [5.74, 6) is -0.399. The van der Waals surface area contributed by atoms with E-state index in [1.54, 1.807) is 18.3 Å². The zero-order valence-electron chi connectivity index (χ0n) is 14.5. The minimum Gasteiger partial charge on any atom is -0.462 e. The molecule has 6 nitrogen and oxygen atoms in total. The first-order valence-electron chi connectivity index (χ1n) is 8.33. The van der Waals surface area contributed by atoms with E-state index in [9.17, 15) is 9.59 Å². The maximum absolute atomic E-state index is 12.8. The van der Waals surface area contributed by atoms with Gasteiger partial charge in [0.15, 0.2) is 0 Å². The van der Waals surface area contributed by atoms with Gasteiger partial charge in [-0.2, -0.15) is 0 Å². The second kappa shape index (κ2) is 9.14. The largest absolute Gasteiger partial charge is 0.462 e. The van der Waals surface area contributed by atoms with Crippen molar-refractivity contribution in [1.82, 2.24) is 5.32 Å². The summed E-state index contributed by atoms with van der Waals surface area (Å²) in [7, 11) is 0. The summed E-state index contributed by atoms with van der Waals surface area (Å²) in [6, 6.07) is 1.98. The minimum atomic E-state index is -0.576. The van der Waals surface area contributed by atoms with E-state index in [-0.39, 0.29) is 24.3 Å². The van der Waals surface area contributed by atoms with Crippen LogP contribution in [0, 0.1) is 5.41 Å². The van der Waals surface area contributed by atoms with Crippen LogP contribution in [0.5, 0.6) is 0 Å². The van der Waals surface area contributed by atoms with Crippen LogP contribution in [0.25, 0.3) is 9.40 Å². The van der Waals surface area contributed by atoms with Crippen molar-refractivity contribution in [3.05, 3.63) is 21.9 Å². The Labute approximate surface area is 166 Å². The Bertz CT molecular complexity index is 768. The number of fused-ring (bicyclic) bond motifs is 1. The summed E-state index contributed by atoms with van der Waals surface area (Å²) in [6.07, 6.45) is 1.25. The van der Waals surface area contributed by atoms with Gasteiger partial charge < -0.3 is 20.5 Å². The Hall–Kier alpha value is -1.19. The molecule has 0 saturated carbocycles. The molecule has 0 aliphatic carbocycles. The molecule has 0 unspecified atom stereocenters. The highest BCUT2D eigenvalue weighted by atomic mass is 35.5. The number of rotatable bonds is 6. The third-order valence-corrected chi connectivity index (χ3v) is 6.88. The number of nitrogens with two attached hydrogens (primary N) is 1. The number of carbonyl (C=O) groups excluding carboxylic acids is 2. The lowest BCUT2D eigenvalue weighted by Crippen LogP contribution is -2.49. The summed E-state index contributed by atoms with van der Waals surface area (Å²) in [6.45, 7) is 3.80. The highest BCUT2D eigenvalue weighted by molar-refractivity contribution is 7.28. The molecule has 2 aromatic heterocycles. The van der Waals surface area contributed by atoms with Crippen molar-refractivity contribution in [2.24, 2.45) is 11.1 Å². The van der Waals surface area contributed by atoms with Crippen LogP contribution in [0.4, 0.5) is 0 Å². The Kier molecular flexibility index (Phi) is 7.42. The second-order valence-electron chi connectivity index (χ2n) is 6.02. The van der Waals surface area contributed by atoms with Crippen LogP contribution in [0.2, 0.25) is 0 Å². The minimum absolute atomic E-state index is 0. The second-order valence-corrected chi connectivity index (χ2v) is 7.99. The Morgan fingerprint density at radius 1 is 1.38 bits per heavy atom. The fourth-order valence-electron chi connectivity index (χ4n) is 3.04. The van der Waals surface area contributed by atoms with Crippen LogP contribution in [0.1, 0.15) is 35.0 Å². The molecule has 0 atom stereocenters. The lowest BCUT2D eigenvalue weighted by molar-refractivity contribution is -0.136. The van der Waals surface area contributed by atoms with Gasteiger partial charge in [0, 0.05) is 36.6 Å². The molecule has 1 aliphatic heterocycles. The Morgan fingerprint density at radius 2 is 2.12 bits per heavy atom. The van der Waals surface area contributed by atoms with Crippen molar-refractivity contribution in [3.8, 4) is 0 Å². The molecule has 26 heavy (non-hydrogen) atoms. The van der Waals surface area contributed by atoms with Gasteiger partial charge in [0.2, 0.25) is 5.91 Å². The number of halogens is 1. The molecule has 1 saturated heterocycles. The number of esters is 1. The van der Waals surface area contributed by atoms with E-state index < -0.39 is 5.41 Å². The molecule has 1 amide bonds. The number of hydrogen-bond acceptors (Lipinski definition) is 7. The van der Waals surface area contributed by atoms with Crippen LogP contribution in [-0.2, 0) is 20.8 Å². The number of amides is 1. The molecule has 0 bridgehead atoms. The normalized spacial score (nSPS) is 16.1. The summed E-state index contributed by atoms with van der Waals surface area (Å²) >= 11 is 2.98. The van der Waals surface area contributed by atoms with Gasteiger partial charge in [0.25, 0.3) is 0 Å². The Balaban J connectivity index is 0.00000243. The van der Waals surface area contributed by atoms with Crippen LogP contribution >= 0.6 is 35.1 Å². The van der Waals surface area contributed by atoms with Gasteiger partial charge in [-0.25, -0.2) is 4.79 Å². The first kappa shape index (κ1) is 21.1. The fourth-order valence-corrected chi connectivity index (χ4v) is 5.31. The van der Waals surface area contributed by atoms with Crippen molar-refractivity contribution >= 4 is 56.4 Å². The van der Waals surface area contributed by atoms with Gasteiger partial charge >= 0.3 is 5.97 Å². The number of carbonyl (C=O) groups is 2. The van der Waals surface area contributed by atoms with Crippen molar-refractivity contribution in [3.63, 3.8) is 0 Å². The van der Waals surface area contributed by atoms with Gasteiger partial charge in [0.1, 0.15) is 4.88 Å². The molecule has 144 valence electrons. The van der Waals surface area contributed by atoms with E-state index in [1.807, 2.05) is 11.4 Å². The summed E-state index contributed by atoms with van der Waals surface area (Å²) in [5, 5.41) is 4.98. The van der Waals surface area contributed by atoms with Gasteiger partial charge in [-0.05, 0) is 31.2 Å². The molecule has 0 aromatic carbocycles. The highest BCUT2D eigenvalue weighted by Crippen LogP contribution is 2.36. The van der Waals surface area contributed by atoms with Gasteiger partial charge in [-0.3, -0.25) is 4.79 Å². The molecule has 3 heterocycles. The predicted molar refractivity (Wildman–Crippen MR) is 106 cm³/mol. The quantitative estimate of drug-likeness (QED) is 0.704. The molecule has 1 aliphatic rings. The molecule has 3 rings (SSSR count). The molecule has 3 N–H and O–H groups in total. The maximum atomic E-state index is 12.8. The molecular weight excluding hydrogens is 396 g/mol. The fraction of sp³-hybridized carbons (Fsp3) is 0.529. The molecule has 1 fully saturated rings. The third kappa shape index (κ3) is 4.04. The molecular formula is C17H23ClN2O4S2. The summed E-state index contributed by atoms with van der Waals surface area (Å²) in [5.41, 5.74) is 6.15. The maximum Gasteiger partial charge on any atom is 0.348 e. The predicted octanol–water partition coefficient (Wildman–Crippen LogP) is 2.93. The van der Waals surface area contributed by atoms with Crippen LogP contribution in [-0.4, -0.2) is 38.2 Å². The first-order valence-corrected chi connectivity index (χ1v) is 10.0. The SMILES string of the molecule is CCOC(=O)c1sc2ccsc2c1CNC(=O)C1(CN)CCOCC1.Cl. The van der Waals surface area contributed by atoms with Crippen LogP contribution in [0.15, 0.2) is 11.4 Å². The molecule has 9 heteroatoms. The summed E-state index contributed by atoms with van der Waals surface area (Å²) < 4.78 is 12.6. The van der Waals surface area contributed by atoms with E-state index in [2.05, 4.69) is 5.32 Å². The number of ether oxygens (including phenoxy) is 2. The van der Waals surface area contributed by atoms with Crippen LogP contribution < -0.4 is 11.1 Å². The highest BCUT2D eigenvalue weighted by Gasteiger charge is 2.38. The van der Waals surface area contributed by atoms with E-state index in [0.717, 1.165) is 15.0 Å². The van der Waals surface area contributed by atoms with Gasteiger partial charge in [-0.15, -0.1) is 35.1 Å². The van der Waals surface area contributed by atoms with Crippen LogP contribution in [0.3, 0.4) is 0 Å². The standard InChI is InChI=1S/C17H22N2O4S2.ClH/c1-2-23-15(20)14-11(13-12(25-14)3-8-24-13)9-19-16(21)17(10-18)4-6-22-7-5-17;/h3,8H,2,4-7,9-10,18H2,1H3,(H,19,21);1H. The average molecular weight is 419 g/mol. The topological polar surface area (TPSA) is 90.7 Å². The zero-order chi connectivity index (χ0) is 17.9. The number of thiophene rings is 2. The van der Waals surface area contributed by atoms with Crippen molar-refractivity contribution < 1.29 is 19.1 Å². The van der Waals surface area contributed by atoms with Crippen molar-refractivity contribution in [1.29, 1.82) is 0 Å². The van der Waals surface area contributed by atoms with E-state index in [4.69, 9.17) is 15.2 Å². The lowest BCUT2D eigenvalue weighted by Gasteiger charge is -2.34.